The zero-order chi connectivity index (χ0) is 9.35. The first-order chi connectivity index (χ1) is 5.41. The van der Waals surface area contributed by atoms with Crippen molar-refractivity contribution in [2.24, 2.45) is 5.73 Å². The Morgan fingerprint density at radius 2 is 1.92 bits per heavy atom. The summed E-state index contributed by atoms with van der Waals surface area (Å²) in [5, 5.41) is 0.753. The van der Waals surface area contributed by atoms with E-state index in [0.717, 1.165) is 5.56 Å². The molecule has 0 atom stereocenters. The van der Waals surface area contributed by atoms with Crippen LogP contribution in [0.15, 0.2) is 12.1 Å². The van der Waals surface area contributed by atoms with E-state index in [1.807, 2.05) is 13.8 Å². The molecule has 0 amide bonds. The summed E-state index contributed by atoms with van der Waals surface area (Å²) < 4.78 is 0. The van der Waals surface area contributed by atoms with Gasteiger partial charge in [-0.2, -0.15) is 0 Å². The van der Waals surface area contributed by atoms with Gasteiger partial charge in [-0.3, -0.25) is 0 Å². The van der Waals surface area contributed by atoms with Crippen LogP contribution >= 0.6 is 23.2 Å². The summed E-state index contributed by atoms with van der Waals surface area (Å²) in [7, 11) is 0. The van der Waals surface area contributed by atoms with E-state index < -0.39 is 5.54 Å². The molecule has 0 bridgehead atoms. The Labute approximate surface area is 81.7 Å². The van der Waals surface area contributed by atoms with E-state index in [-0.39, 0.29) is 0 Å². The highest BCUT2D eigenvalue weighted by atomic mass is 35.5. The smallest absolute Gasteiger partial charge is 0.135 e. The number of rotatable bonds is 1. The maximum Gasteiger partial charge on any atom is 0.135 e. The molecule has 1 aromatic heterocycles. The highest BCUT2D eigenvalue weighted by molar-refractivity contribution is 6.32. The fourth-order valence-corrected chi connectivity index (χ4v) is 1.48. The fourth-order valence-electron chi connectivity index (χ4n) is 0.893. The minimum absolute atomic E-state index is 0.370. The molecule has 66 valence electrons. The van der Waals surface area contributed by atoms with E-state index in [0.29, 0.717) is 10.3 Å². The molecular weight excluding hydrogens is 195 g/mol. The Balaban J connectivity index is 3.19. The van der Waals surface area contributed by atoms with E-state index in [2.05, 4.69) is 4.98 Å². The van der Waals surface area contributed by atoms with Crippen LogP contribution in [0.2, 0.25) is 10.3 Å². The minimum atomic E-state index is -0.478. The molecule has 4 heteroatoms. The van der Waals surface area contributed by atoms with Gasteiger partial charge in [0.25, 0.3) is 0 Å². The lowest BCUT2D eigenvalue weighted by Crippen LogP contribution is -2.29. The summed E-state index contributed by atoms with van der Waals surface area (Å²) in [6, 6.07) is 3.47. The Morgan fingerprint density at radius 3 is 2.33 bits per heavy atom. The third-order valence-corrected chi connectivity index (χ3v) is 2.01. The van der Waals surface area contributed by atoms with Gasteiger partial charge >= 0.3 is 0 Å². The van der Waals surface area contributed by atoms with Crippen LogP contribution < -0.4 is 5.73 Å². The zero-order valence-corrected chi connectivity index (χ0v) is 8.45. The number of hydrogen-bond donors (Lipinski definition) is 1. The minimum Gasteiger partial charge on any atom is -0.322 e. The molecule has 2 nitrogen and oxygen atoms in total. The normalized spacial score (nSPS) is 11.8. The average Bonchev–Trinajstić information content (AvgIpc) is 1.83. The first kappa shape index (κ1) is 9.78. The topological polar surface area (TPSA) is 38.9 Å². The summed E-state index contributed by atoms with van der Waals surface area (Å²) in [6.07, 6.45) is 0. The average molecular weight is 205 g/mol. The molecule has 2 N–H and O–H groups in total. The van der Waals surface area contributed by atoms with Crippen LogP contribution in [0.25, 0.3) is 0 Å². The first-order valence-corrected chi connectivity index (χ1v) is 4.28. The molecule has 0 aromatic carbocycles. The van der Waals surface area contributed by atoms with Gasteiger partial charge in [0.2, 0.25) is 0 Å². The number of aromatic nitrogens is 1. The number of pyridine rings is 1. The Bertz CT molecular complexity index is 292. The van der Waals surface area contributed by atoms with Crippen molar-refractivity contribution in [3.05, 3.63) is 28.0 Å². The van der Waals surface area contributed by atoms with Crippen molar-refractivity contribution < 1.29 is 0 Å². The second-order valence-corrected chi connectivity index (χ2v) is 3.94. The van der Waals surface area contributed by atoms with Crippen molar-refractivity contribution in [1.29, 1.82) is 0 Å². The summed E-state index contributed by atoms with van der Waals surface area (Å²) >= 11 is 11.5. The monoisotopic (exact) mass is 204 g/mol. The van der Waals surface area contributed by atoms with E-state index >= 15 is 0 Å². The van der Waals surface area contributed by atoms with Crippen LogP contribution in [-0.4, -0.2) is 4.98 Å². The highest BCUT2D eigenvalue weighted by Gasteiger charge is 2.18. The summed E-state index contributed by atoms with van der Waals surface area (Å²) in [5.41, 5.74) is 6.16. The van der Waals surface area contributed by atoms with Crippen LogP contribution in [0.3, 0.4) is 0 Å². The maximum atomic E-state index is 5.84. The van der Waals surface area contributed by atoms with Crippen molar-refractivity contribution in [3.63, 3.8) is 0 Å². The SMILES string of the molecule is CC(C)(N)c1ccc(Cl)nc1Cl. The van der Waals surface area contributed by atoms with Gasteiger partial charge in [-0.1, -0.05) is 29.3 Å². The van der Waals surface area contributed by atoms with E-state index in [1.165, 1.54) is 0 Å². The lowest BCUT2D eigenvalue weighted by molar-refractivity contribution is 0.552. The van der Waals surface area contributed by atoms with E-state index in [4.69, 9.17) is 28.9 Å². The van der Waals surface area contributed by atoms with Crippen LogP contribution in [0.1, 0.15) is 19.4 Å². The van der Waals surface area contributed by atoms with Crippen molar-refractivity contribution in [3.8, 4) is 0 Å². The lowest BCUT2D eigenvalue weighted by Gasteiger charge is -2.19. The van der Waals surface area contributed by atoms with Crippen LogP contribution in [-0.2, 0) is 5.54 Å². The van der Waals surface area contributed by atoms with E-state index in [9.17, 15) is 0 Å². The summed E-state index contributed by atoms with van der Waals surface area (Å²) in [4.78, 5) is 3.89. The van der Waals surface area contributed by atoms with Gasteiger partial charge in [-0.05, 0) is 19.9 Å². The molecule has 0 fully saturated rings. The number of hydrogen-bond acceptors (Lipinski definition) is 2. The number of halogens is 2. The quantitative estimate of drug-likeness (QED) is 0.715. The number of nitrogens with two attached hydrogens (primary N) is 1. The molecule has 0 spiro atoms. The molecule has 0 radical (unpaired) electrons. The highest BCUT2D eigenvalue weighted by Crippen LogP contribution is 2.25. The molecule has 0 aliphatic heterocycles. The molecule has 0 unspecified atom stereocenters. The summed E-state index contributed by atoms with van der Waals surface area (Å²) in [5.74, 6) is 0. The van der Waals surface area contributed by atoms with Gasteiger partial charge in [0.1, 0.15) is 10.3 Å². The molecule has 0 saturated carbocycles. The third kappa shape index (κ3) is 2.09. The second kappa shape index (κ2) is 3.21. The van der Waals surface area contributed by atoms with Gasteiger partial charge in [0.05, 0.1) is 0 Å². The van der Waals surface area contributed by atoms with Gasteiger partial charge in [-0.15, -0.1) is 0 Å². The third-order valence-electron chi connectivity index (χ3n) is 1.51. The molecule has 1 aromatic rings. The largest absolute Gasteiger partial charge is 0.322 e. The number of nitrogens with zero attached hydrogens (tertiary/aromatic N) is 1. The molecule has 12 heavy (non-hydrogen) atoms. The lowest BCUT2D eigenvalue weighted by atomic mass is 9.98. The van der Waals surface area contributed by atoms with Gasteiger partial charge in [0, 0.05) is 11.1 Å². The van der Waals surface area contributed by atoms with Crippen molar-refractivity contribution in [2.75, 3.05) is 0 Å². The second-order valence-electron chi connectivity index (χ2n) is 3.19. The van der Waals surface area contributed by atoms with Crippen LogP contribution in [0.5, 0.6) is 0 Å². The molecular formula is C8H10Cl2N2. The van der Waals surface area contributed by atoms with Crippen molar-refractivity contribution >= 4 is 23.2 Å². The molecule has 0 saturated heterocycles. The standard InChI is InChI=1S/C8H10Cl2N2/c1-8(2,11)5-3-4-6(9)12-7(5)10/h3-4H,11H2,1-2H3. The maximum absolute atomic E-state index is 5.84. The van der Waals surface area contributed by atoms with Crippen LogP contribution in [0.4, 0.5) is 0 Å². The fraction of sp³-hybridized carbons (Fsp3) is 0.375. The van der Waals surface area contributed by atoms with Crippen molar-refractivity contribution in [1.82, 2.24) is 4.98 Å². The Hall–Kier alpha value is -0.310. The Morgan fingerprint density at radius 1 is 1.33 bits per heavy atom. The van der Waals surface area contributed by atoms with Crippen molar-refractivity contribution in [2.45, 2.75) is 19.4 Å². The van der Waals surface area contributed by atoms with Gasteiger partial charge in [0.15, 0.2) is 0 Å². The summed E-state index contributed by atoms with van der Waals surface area (Å²) in [6.45, 7) is 3.73. The van der Waals surface area contributed by atoms with Gasteiger partial charge < -0.3 is 5.73 Å². The molecule has 0 aliphatic carbocycles. The van der Waals surface area contributed by atoms with Gasteiger partial charge in [-0.25, -0.2) is 4.98 Å². The predicted molar refractivity (Wildman–Crippen MR) is 51.5 cm³/mol. The van der Waals surface area contributed by atoms with Crippen LogP contribution in [0, 0.1) is 0 Å². The predicted octanol–water partition coefficient (Wildman–Crippen LogP) is 2.58. The van der Waals surface area contributed by atoms with E-state index in [1.54, 1.807) is 12.1 Å². The Kier molecular flexibility index (Phi) is 2.61. The molecule has 1 rings (SSSR count). The molecule has 0 aliphatic rings. The molecule has 1 heterocycles. The first-order valence-electron chi connectivity index (χ1n) is 3.52. The zero-order valence-electron chi connectivity index (χ0n) is 6.94.